The predicted molar refractivity (Wildman–Crippen MR) is 120 cm³/mol. The molecule has 0 spiro atoms. The van der Waals surface area contributed by atoms with Gasteiger partial charge in [0.25, 0.3) is 5.56 Å². The summed E-state index contributed by atoms with van der Waals surface area (Å²) in [6, 6.07) is 12.1. The molecule has 2 aromatic heterocycles. The number of aryl methyl sites for hydroxylation is 1. The Morgan fingerprint density at radius 2 is 1.97 bits per heavy atom. The molecule has 4 aromatic rings. The van der Waals surface area contributed by atoms with E-state index in [2.05, 4.69) is 20.5 Å². The largest absolute Gasteiger partial charge is 0.325 e. The Hall–Kier alpha value is -2.81. The standard InChI is InChI=1S/C20H15Cl2N5O2S/c1-11-2-5-13(8-16(11)22)24-17(28)10-30-20-25-18-15(9-23-26-18)19(29)27(20)14-6-3-12(21)4-7-14/h2-9H,10H2,1H3,(H,23,26)(H,24,28). The molecule has 1 amide bonds. The molecule has 0 fully saturated rings. The van der Waals surface area contributed by atoms with Crippen LogP contribution in [-0.2, 0) is 4.79 Å². The first-order valence-corrected chi connectivity index (χ1v) is 10.6. The van der Waals surface area contributed by atoms with E-state index in [4.69, 9.17) is 23.2 Å². The van der Waals surface area contributed by atoms with Crippen molar-refractivity contribution in [2.45, 2.75) is 12.1 Å². The number of nitrogens with one attached hydrogen (secondary N) is 2. The van der Waals surface area contributed by atoms with Crippen LogP contribution in [0.2, 0.25) is 10.0 Å². The molecule has 0 radical (unpaired) electrons. The van der Waals surface area contributed by atoms with Crippen LogP contribution in [-0.4, -0.2) is 31.4 Å². The van der Waals surface area contributed by atoms with E-state index in [0.717, 1.165) is 17.3 Å². The molecule has 0 unspecified atom stereocenters. The molecule has 2 N–H and O–H groups in total. The summed E-state index contributed by atoms with van der Waals surface area (Å²) in [6.45, 7) is 1.89. The van der Waals surface area contributed by atoms with Gasteiger partial charge in [0, 0.05) is 15.7 Å². The molecular formula is C20H15Cl2N5O2S. The fourth-order valence-electron chi connectivity index (χ4n) is 2.79. The lowest BCUT2D eigenvalue weighted by Crippen LogP contribution is -2.22. The molecule has 7 nitrogen and oxygen atoms in total. The summed E-state index contributed by atoms with van der Waals surface area (Å²) in [6.07, 6.45) is 1.43. The summed E-state index contributed by atoms with van der Waals surface area (Å²) < 4.78 is 1.44. The molecule has 0 saturated heterocycles. The zero-order valence-electron chi connectivity index (χ0n) is 15.6. The van der Waals surface area contributed by atoms with Crippen LogP contribution in [0.1, 0.15) is 5.56 Å². The number of amides is 1. The van der Waals surface area contributed by atoms with E-state index in [9.17, 15) is 9.59 Å². The average Bonchev–Trinajstić information content (AvgIpc) is 3.19. The number of H-pyrrole nitrogens is 1. The second kappa shape index (κ2) is 8.51. The van der Waals surface area contributed by atoms with E-state index in [-0.39, 0.29) is 17.2 Å². The van der Waals surface area contributed by atoms with Gasteiger partial charge >= 0.3 is 0 Å². The number of anilines is 1. The van der Waals surface area contributed by atoms with Crippen LogP contribution >= 0.6 is 35.0 Å². The highest BCUT2D eigenvalue weighted by atomic mass is 35.5. The number of hydrogen-bond donors (Lipinski definition) is 2. The van der Waals surface area contributed by atoms with Crippen LogP contribution in [0.15, 0.2) is 58.6 Å². The fourth-order valence-corrected chi connectivity index (χ4v) is 3.90. The molecule has 152 valence electrons. The topological polar surface area (TPSA) is 92.7 Å². The number of fused-ring (bicyclic) bond motifs is 1. The van der Waals surface area contributed by atoms with Crippen molar-refractivity contribution in [3.05, 3.63) is 74.6 Å². The van der Waals surface area contributed by atoms with Gasteiger partial charge in [0.2, 0.25) is 5.91 Å². The maximum atomic E-state index is 13.0. The van der Waals surface area contributed by atoms with Gasteiger partial charge in [0.05, 0.1) is 17.6 Å². The van der Waals surface area contributed by atoms with Gasteiger partial charge in [-0.3, -0.25) is 19.3 Å². The number of rotatable bonds is 5. The highest BCUT2D eigenvalue weighted by Crippen LogP contribution is 2.23. The van der Waals surface area contributed by atoms with E-state index in [0.29, 0.717) is 37.6 Å². The molecular weight excluding hydrogens is 445 g/mol. The molecule has 0 aliphatic carbocycles. The van der Waals surface area contributed by atoms with E-state index in [1.807, 2.05) is 13.0 Å². The van der Waals surface area contributed by atoms with Gasteiger partial charge in [-0.15, -0.1) is 0 Å². The van der Waals surface area contributed by atoms with Gasteiger partial charge in [0.15, 0.2) is 10.8 Å². The molecule has 4 rings (SSSR count). The molecule has 0 aliphatic rings. The summed E-state index contributed by atoms with van der Waals surface area (Å²) in [4.78, 5) is 29.9. The van der Waals surface area contributed by atoms with Crippen molar-refractivity contribution in [2.24, 2.45) is 0 Å². The van der Waals surface area contributed by atoms with Crippen molar-refractivity contribution in [2.75, 3.05) is 11.1 Å². The molecule has 0 saturated carbocycles. The van der Waals surface area contributed by atoms with Crippen LogP contribution in [0.4, 0.5) is 5.69 Å². The highest BCUT2D eigenvalue weighted by Gasteiger charge is 2.16. The van der Waals surface area contributed by atoms with Crippen molar-refractivity contribution in [3.8, 4) is 5.69 Å². The van der Waals surface area contributed by atoms with Gasteiger partial charge in [-0.05, 0) is 48.9 Å². The quantitative estimate of drug-likeness (QED) is 0.339. The number of carbonyl (C=O) groups excluding carboxylic acids is 1. The van der Waals surface area contributed by atoms with Crippen LogP contribution < -0.4 is 10.9 Å². The molecule has 2 aromatic carbocycles. The first-order valence-electron chi connectivity index (χ1n) is 8.83. The Morgan fingerprint density at radius 1 is 1.20 bits per heavy atom. The monoisotopic (exact) mass is 459 g/mol. The van der Waals surface area contributed by atoms with Crippen LogP contribution in [0.5, 0.6) is 0 Å². The summed E-state index contributed by atoms with van der Waals surface area (Å²) in [7, 11) is 0. The normalized spacial score (nSPS) is 11.0. The van der Waals surface area contributed by atoms with E-state index < -0.39 is 0 Å². The predicted octanol–water partition coefficient (Wildman–Crippen LogP) is 4.45. The third kappa shape index (κ3) is 4.21. The molecule has 0 bridgehead atoms. The first-order chi connectivity index (χ1) is 14.4. The zero-order valence-corrected chi connectivity index (χ0v) is 18.0. The third-order valence-electron chi connectivity index (χ3n) is 4.32. The summed E-state index contributed by atoms with van der Waals surface area (Å²) in [5, 5.41) is 11.2. The molecule has 0 aliphatic heterocycles. The summed E-state index contributed by atoms with van der Waals surface area (Å²) in [5.41, 5.74) is 2.19. The number of thioether (sulfide) groups is 1. The van der Waals surface area contributed by atoms with Crippen molar-refractivity contribution < 1.29 is 4.79 Å². The Balaban J connectivity index is 1.62. The van der Waals surface area contributed by atoms with Gasteiger partial charge in [-0.25, -0.2) is 4.98 Å². The second-order valence-corrected chi connectivity index (χ2v) is 8.23. The minimum Gasteiger partial charge on any atom is -0.325 e. The third-order valence-corrected chi connectivity index (χ3v) is 5.92. The lowest BCUT2D eigenvalue weighted by atomic mass is 10.2. The summed E-state index contributed by atoms with van der Waals surface area (Å²) in [5.74, 6) is -0.202. The van der Waals surface area contributed by atoms with Gasteiger partial charge in [-0.1, -0.05) is 41.0 Å². The van der Waals surface area contributed by atoms with Crippen molar-refractivity contribution in [1.29, 1.82) is 0 Å². The Labute approximate surface area is 185 Å². The lowest BCUT2D eigenvalue weighted by Gasteiger charge is -2.12. The van der Waals surface area contributed by atoms with E-state index in [1.165, 1.54) is 10.8 Å². The number of carbonyl (C=O) groups is 1. The number of hydrogen-bond acceptors (Lipinski definition) is 5. The van der Waals surface area contributed by atoms with Crippen LogP contribution in [0.3, 0.4) is 0 Å². The van der Waals surface area contributed by atoms with Crippen LogP contribution in [0.25, 0.3) is 16.7 Å². The van der Waals surface area contributed by atoms with Crippen molar-refractivity contribution in [1.82, 2.24) is 19.7 Å². The lowest BCUT2D eigenvalue weighted by molar-refractivity contribution is -0.113. The molecule has 30 heavy (non-hydrogen) atoms. The first kappa shape index (κ1) is 20.5. The highest BCUT2D eigenvalue weighted by molar-refractivity contribution is 7.99. The molecule has 10 heteroatoms. The minimum absolute atomic E-state index is 0.0468. The minimum atomic E-state index is -0.288. The summed E-state index contributed by atoms with van der Waals surface area (Å²) >= 11 is 13.2. The second-order valence-electron chi connectivity index (χ2n) is 6.44. The fraction of sp³-hybridized carbons (Fsp3) is 0.100. The number of aromatic amines is 1. The van der Waals surface area contributed by atoms with Gasteiger partial charge < -0.3 is 5.32 Å². The zero-order chi connectivity index (χ0) is 21.3. The smallest absolute Gasteiger partial charge is 0.269 e. The van der Waals surface area contributed by atoms with Gasteiger partial charge in [-0.2, -0.15) is 5.10 Å². The number of halogens is 2. The SMILES string of the molecule is Cc1ccc(NC(=O)CSc2nc3[nH]ncc3c(=O)n2-c2ccc(Cl)cc2)cc1Cl. The number of benzene rings is 2. The van der Waals surface area contributed by atoms with Gasteiger partial charge in [0.1, 0.15) is 5.39 Å². The molecule has 2 heterocycles. The maximum absolute atomic E-state index is 13.0. The average molecular weight is 460 g/mol. The van der Waals surface area contributed by atoms with E-state index in [1.54, 1.807) is 36.4 Å². The van der Waals surface area contributed by atoms with E-state index >= 15 is 0 Å². The van der Waals surface area contributed by atoms with Crippen molar-refractivity contribution >= 4 is 57.6 Å². The van der Waals surface area contributed by atoms with Crippen molar-refractivity contribution in [3.63, 3.8) is 0 Å². The number of nitrogens with zero attached hydrogens (tertiary/aromatic N) is 3. The Bertz CT molecular complexity index is 1300. The maximum Gasteiger partial charge on any atom is 0.269 e. The molecule has 0 atom stereocenters. The Kier molecular flexibility index (Phi) is 5.80. The van der Waals surface area contributed by atoms with Crippen LogP contribution in [0, 0.1) is 6.92 Å². The number of aromatic nitrogens is 4. The Morgan fingerprint density at radius 3 is 2.70 bits per heavy atom.